The highest BCUT2D eigenvalue weighted by molar-refractivity contribution is 6.10. The van der Waals surface area contributed by atoms with Gasteiger partial charge in [-0.15, -0.1) is 0 Å². The lowest BCUT2D eigenvalue weighted by Crippen LogP contribution is -2.30. The number of carbonyl (C=O) groups is 1. The number of pyridine rings is 2. The molecule has 1 aliphatic heterocycles. The van der Waals surface area contributed by atoms with Crippen LogP contribution in [-0.4, -0.2) is 15.9 Å². The van der Waals surface area contributed by atoms with E-state index in [4.69, 9.17) is 4.42 Å². The Balaban J connectivity index is 1.84. The van der Waals surface area contributed by atoms with E-state index in [0.29, 0.717) is 11.4 Å². The molecule has 0 N–H and O–H groups in total. The molecule has 0 fully saturated rings. The predicted octanol–water partition coefficient (Wildman–Crippen LogP) is 3.78. The van der Waals surface area contributed by atoms with Gasteiger partial charge in [-0.3, -0.25) is 19.5 Å². The van der Waals surface area contributed by atoms with Gasteiger partial charge in [0.15, 0.2) is 5.43 Å². The van der Waals surface area contributed by atoms with Gasteiger partial charge in [-0.25, -0.2) is 9.37 Å². The molecule has 6 nitrogen and oxygen atoms in total. The highest BCUT2D eigenvalue weighted by Gasteiger charge is 2.44. The second-order valence-electron chi connectivity index (χ2n) is 6.81. The Hall–Kier alpha value is -3.87. The largest absolute Gasteiger partial charge is 0.450 e. The average Bonchev–Trinajstić information content (AvgIpc) is 3.02. The van der Waals surface area contributed by atoms with Gasteiger partial charge >= 0.3 is 0 Å². The molecular weight excluding hydrogens is 373 g/mol. The quantitative estimate of drug-likeness (QED) is 0.523. The zero-order valence-corrected chi connectivity index (χ0v) is 15.3. The third kappa shape index (κ3) is 2.62. The first kappa shape index (κ1) is 17.2. The molecule has 1 unspecified atom stereocenters. The molecule has 5 rings (SSSR count). The van der Waals surface area contributed by atoms with E-state index in [2.05, 4.69) is 9.97 Å². The van der Waals surface area contributed by atoms with E-state index in [9.17, 15) is 14.0 Å². The molecule has 1 aliphatic rings. The fraction of sp³-hybridized carbons (Fsp3) is 0.0909. The van der Waals surface area contributed by atoms with Crippen LogP contribution in [0.3, 0.4) is 0 Å². The number of halogens is 1. The predicted molar refractivity (Wildman–Crippen MR) is 104 cm³/mol. The van der Waals surface area contributed by atoms with Gasteiger partial charge in [-0.1, -0.05) is 6.07 Å². The fourth-order valence-corrected chi connectivity index (χ4v) is 3.71. The molecule has 0 saturated carbocycles. The summed E-state index contributed by atoms with van der Waals surface area (Å²) in [5.74, 6) is -0.674. The Labute approximate surface area is 164 Å². The minimum atomic E-state index is -0.751. The van der Waals surface area contributed by atoms with Gasteiger partial charge in [0.1, 0.15) is 17.2 Å². The summed E-state index contributed by atoms with van der Waals surface area (Å²) in [5.41, 5.74) is 1.30. The summed E-state index contributed by atoms with van der Waals surface area (Å²) in [6, 6.07) is 11.7. The number of hydrogen-bond acceptors (Lipinski definition) is 5. The van der Waals surface area contributed by atoms with Gasteiger partial charge in [-0.2, -0.15) is 0 Å². The second-order valence-corrected chi connectivity index (χ2v) is 6.81. The molecule has 7 heteroatoms. The summed E-state index contributed by atoms with van der Waals surface area (Å²) in [4.78, 5) is 36.5. The van der Waals surface area contributed by atoms with E-state index in [0.717, 1.165) is 11.8 Å². The van der Waals surface area contributed by atoms with Crippen LogP contribution in [0.25, 0.3) is 11.0 Å². The van der Waals surface area contributed by atoms with E-state index in [1.807, 2.05) is 13.0 Å². The number of aryl methyl sites for hydroxylation is 1. The van der Waals surface area contributed by atoms with Crippen LogP contribution in [0.4, 0.5) is 10.2 Å². The van der Waals surface area contributed by atoms with Crippen LogP contribution in [0.1, 0.15) is 33.4 Å². The zero-order chi connectivity index (χ0) is 20.1. The highest BCUT2D eigenvalue weighted by Crippen LogP contribution is 2.40. The SMILES string of the molecule is Cc1cccc(N2C(=O)c3oc4ccc(F)cc4c(=O)c3C2c2ccncc2)n1. The minimum absolute atomic E-state index is 0.0563. The summed E-state index contributed by atoms with van der Waals surface area (Å²) >= 11 is 0. The average molecular weight is 387 g/mol. The number of benzene rings is 1. The normalized spacial score (nSPS) is 15.7. The number of amides is 1. The molecule has 0 saturated heterocycles. The van der Waals surface area contributed by atoms with Crippen molar-refractivity contribution in [1.29, 1.82) is 0 Å². The smallest absolute Gasteiger partial charge is 0.296 e. The number of fused-ring (bicyclic) bond motifs is 2. The fourth-order valence-electron chi connectivity index (χ4n) is 3.71. The van der Waals surface area contributed by atoms with E-state index >= 15 is 0 Å². The van der Waals surface area contributed by atoms with Crippen LogP contribution in [0, 0.1) is 12.7 Å². The van der Waals surface area contributed by atoms with Gasteiger partial charge in [0.05, 0.1) is 17.0 Å². The number of carbonyl (C=O) groups excluding carboxylic acids is 1. The maximum absolute atomic E-state index is 13.8. The van der Waals surface area contributed by atoms with Crippen LogP contribution in [0.5, 0.6) is 0 Å². The molecule has 0 aliphatic carbocycles. The van der Waals surface area contributed by atoms with E-state index in [-0.39, 0.29) is 22.3 Å². The Morgan fingerprint density at radius 3 is 2.62 bits per heavy atom. The van der Waals surface area contributed by atoms with Gasteiger partial charge in [-0.05, 0) is 55.0 Å². The Bertz CT molecular complexity index is 1330. The summed E-state index contributed by atoms with van der Waals surface area (Å²) < 4.78 is 19.6. The molecule has 1 amide bonds. The Morgan fingerprint density at radius 2 is 1.86 bits per heavy atom. The Kier molecular flexibility index (Phi) is 3.77. The van der Waals surface area contributed by atoms with E-state index in [1.165, 1.54) is 17.0 Å². The highest BCUT2D eigenvalue weighted by atomic mass is 19.1. The molecule has 0 bridgehead atoms. The number of aromatic nitrogens is 2. The standard InChI is InChI=1S/C22H14FN3O3/c1-12-3-2-4-17(25-12)26-19(13-7-9-24-10-8-13)18-20(27)15-11-14(23)5-6-16(15)29-21(18)22(26)28/h2-11,19H,1H3. The first-order valence-electron chi connectivity index (χ1n) is 8.98. The van der Waals surface area contributed by atoms with Crippen LogP contribution in [-0.2, 0) is 0 Å². The summed E-state index contributed by atoms with van der Waals surface area (Å²) in [6.07, 6.45) is 3.17. The van der Waals surface area contributed by atoms with Crippen molar-refractivity contribution in [3.63, 3.8) is 0 Å². The first-order chi connectivity index (χ1) is 14.0. The molecule has 1 aromatic carbocycles. The molecule has 29 heavy (non-hydrogen) atoms. The van der Waals surface area contributed by atoms with Crippen molar-refractivity contribution in [3.05, 3.63) is 99.5 Å². The van der Waals surface area contributed by atoms with E-state index < -0.39 is 23.2 Å². The molecule has 3 aromatic heterocycles. The van der Waals surface area contributed by atoms with Crippen molar-refractivity contribution < 1.29 is 13.6 Å². The summed E-state index contributed by atoms with van der Waals surface area (Å²) in [7, 11) is 0. The van der Waals surface area contributed by atoms with Crippen molar-refractivity contribution in [2.24, 2.45) is 0 Å². The molecular formula is C22H14FN3O3. The molecule has 0 radical (unpaired) electrons. The summed E-state index contributed by atoms with van der Waals surface area (Å²) in [6.45, 7) is 1.82. The number of anilines is 1. The molecule has 4 heterocycles. The number of nitrogens with zero attached hydrogens (tertiary/aromatic N) is 3. The van der Waals surface area contributed by atoms with Crippen molar-refractivity contribution in [3.8, 4) is 0 Å². The van der Waals surface area contributed by atoms with Crippen LogP contribution < -0.4 is 10.3 Å². The van der Waals surface area contributed by atoms with Gasteiger partial charge in [0, 0.05) is 18.1 Å². The van der Waals surface area contributed by atoms with Gasteiger partial charge < -0.3 is 4.42 Å². The van der Waals surface area contributed by atoms with Crippen LogP contribution in [0.15, 0.2) is 70.1 Å². The third-order valence-corrected chi connectivity index (χ3v) is 4.97. The second kappa shape index (κ2) is 6.34. The van der Waals surface area contributed by atoms with E-state index in [1.54, 1.807) is 36.7 Å². The first-order valence-corrected chi connectivity index (χ1v) is 8.98. The topological polar surface area (TPSA) is 76.3 Å². The Morgan fingerprint density at radius 1 is 1.07 bits per heavy atom. The molecule has 0 spiro atoms. The third-order valence-electron chi connectivity index (χ3n) is 4.97. The minimum Gasteiger partial charge on any atom is -0.450 e. The monoisotopic (exact) mass is 387 g/mol. The zero-order valence-electron chi connectivity index (χ0n) is 15.3. The number of rotatable bonds is 2. The van der Waals surface area contributed by atoms with Gasteiger partial charge in [0.2, 0.25) is 5.76 Å². The molecule has 4 aromatic rings. The summed E-state index contributed by atoms with van der Waals surface area (Å²) in [5, 5.41) is 0.0923. The molecule has 1 atom stereocenters. The lowest BCUT2D eigenvalue weighted by molar-refractivity contribution is 0.0970. The maximum atomic E-state index is 13.8. The lowest BCUT2D eigenvalue weighted by atomic mass is 9.99. The maximum Gasteiger partial charge on any atom is 0.296 e. The van der Waals surface area contributed by atoms with Crippen molar-refractivity contribution >= 4 is 22.7 Å². The van der Waals surface area contributed by atoms with Crippen molar-refractivity contribution in [2.75, 3.05) is 4.90 Å². The van der Waals surface area contributed by atoms with Gasteiger partial charge in [0.25, 0.3) is 5.91 Å². The van der Waals surface area contributed by atoms with Crippen LogP contribution >= 0.6 is 0 Å². The van der Waals surface area contributed by atoms with Crippen molar-refractivity contribution in [1.82, 2.24) is 9.97 Å². The molecule has 142 valence electrons. The van der Waals surface area contributed by atoms with Crippen molar-refractivity contribution in [2.45, 2.75) is 13.0 Å². The lowest BCUT2D eigenvalue weighted by Gasteiger charge is -2.24. The number of hydrogen-bond donors (Lipinski definition) is 0. The van der Waals surface area contributed by atoms with Crippen LogP contribution in [0.2, 0.25) is 0 Å².